The monoisotopic (exact) mass is 271 g/mol. The van der Waals surface area contributed by atoms with Crippen LogP contribution in [0.15, 0.2) is 29.6 Å². The number of rotatable bonds is 4. The average Bonchev–Trinajstić information content (AvgIpc) is 3.14. The minimum absolute atomic E-state index is 0.962. The fourth-order valence-corrected chi connectivity index (χ4v) is 5.15. The van der Waals surface area contributed by atoms with Crippen molar-refractivity contribution in [2.75, 3.05) is 6.54 Å². The van der Waals surface area contributed by atoms with Crippen molar-refractivity contribution >= 4 is 21.4 Å². The summed E-state index contributed by atoms with van der Waals surface area (Å²) >= 11 is 1.87. The molecule has 0 saturated heterocycles. The van der Waals surface area contributed by atoms with Crippen LogP contribution in [0.4, 0.5) is 0 Å². The van der Waals surface area contributed by atoms with Gasteiger partial charge in [-0.3, -0.25) is 0 Å². The molecule has 4 rings (SSSR count). The molecule has 2 fully saturated rings. The maximum atomic E-state index is 3.71. The summed E-state index contributed by atoms with van der Waals surface area (Å²) in [7, 11) is 0. The van der Waals surface area contributed by atoms with E-state index in [2.05, 4.69) is 35.0 Å². The van der Waals surface area contributed by atoms with Crippen molar-refractivity contribution in [1.29, 1.82) is 0 Å². The van der Waals surface area contributed by atoms with Gasteiger partial charge in [0.1, 0.15) is 0 Å². The third-order valence-electron chi connectivity index (χ3n) is 5.17. The van der Waals surface area contributed by atoms with Crippen LogP contribution >= 0.6 is 11.3 Å². The van der Waals surface area contributed by atoms with Gasteiger partial charge in [0.25, 0.3) is 0 Å². The number of hydrogen-bond donors (Lipinski definition) is 1. The third-order valence-corrected chi connectivity index (χ3v) is 6.18. The molecule has 2 bridgehead atoms. The lowest BCUT2D eigenvalue weighted by Gasteiger charge is -2.21. The minimum atomic E-state index is 0.962. The highest BCUT2D eigenvalue weighted by atomic mass is 32.1. The molecule has 0 spiro atoms. The van der Waals surface area contributed by atoms with Crippen LogP contribution in [0.5, 0.6) is 0 Å². The van der Waals surface area contributed by atoms with Crippen molar-refractivity contribution < 1.29 is 0 Å². The van der Waals surface area contributed by atoms with Crippen LogP contribution < -0.4 is 5.32 Å². The lowest BCUT2D eigenvalue weighted by molar-refractivity contribution is 0.318. The highest BCUT2D eigenvalue weighted by Gasteiger charge is 2.38. The molecular formula is C17H21NS. The first-order chi connectivity index (χ1) is 9.40. The lowest BCUT2D eigenvalue weighted by Crippen LogP contribution is -2.26. The van der Waals surface area contributed by atoms with Gasteiger partial charge in [0.05, 0.1) is 0 Å². The summed E-state index contributed by atoms with van der Waals surface area (Å²) in [5.74, 6) is 3.07. The molecule has 2 heteroatoms. The third kappa shape index (κ3) is 2.21. The Hall–Kier alpha value is -0.860. The zero-order chi connectivity index (χ0) is 12.7. The van der Waals surface area contributed by atoms with Crippen LogP contribution in [-0.4, -0.2) is 6.54 Å². The molecule has 1 aromatic heterocycles. The van der Waals surface area contributed by atoms with Crippen molar-refractivity contribution in [3.05, 3.63) is 35.2 Å². The summed E-state index contributed by atoms with van der Waals surface area (Å²) in [5.41, 5.74) is 1.48. The lowest BCUT2D eigenvalue weighted by atomic mass is 9.89. The maximum absolute atomic E-state index is 3.71. The molecule has 2 saturated carbocycles. The number of thiophene rings is 1. The summed E-state index contributed by atoms with van der Waals surface area (Å²) in [6.07, 6.45) is 6.02. The number of nitrogens with one attached hydrogen (secondary N) is 1. The summed E-state index contributed by atoms with van der Waals surface area (Å²) in [4.78, 5) is 0. The summed E-state index contributed by atoms with van der Waals surface area (Å²) in [6, 6.07) is 8.75. The second-order valence-corrected chi connectivity index (χ2v) is 7.23. The number of fused-ring (bicyclic) bond motifs is 3. The predicted molar refractivity (Wildman–Crippen MR) is 82.5 cm³/mol. The number of hydrogen-bond acceptors (Lipinski definition) is 2. The maximum Gasteiger partial charge on any atom is 0.0346 e. The molecule has 0 radical (unpaired) electrons. The van der Waals surface area contributed by atoms with E-state index >= 15 is 0 Å². The van der Waals surface area contributed by atoms with Gasteiger partial charge < -0.3 is 5.32 Å². The predicted octanol–water partition coefficient (Wildman–Crippen LogP) is 4.43. The van der Waals surface area contributed by atoms with E-state index in [0.29, 0.717) is 0 Å². The minimum Gasteiger partial charge on any atom is -0.312 e. The Morgan fingerprint density at radius 1 is 1.16 bits per heavy atom. The van der Waals surface area contributed by atoms with Crippen molar-refractivity contribution in [3.63, 3.8) is 0 Å². The second-order valence-electron chi connectivity index (χ2n) is 6.32. The van der Waals surface area contributed by atoms with E-state index in [1.165, 1.54) is 47.9 Å². The van der Waals surface area contributed by atoms with Crippen molar-refractivity contribution in [1.82, 2.24) is 5.32 Å². The van der Waals surface area contributed by atoms with Crippen molar-refractivity contribution in [2.24, 2.45) is 17.8 Å². The highest BCUT2D eigenvalue weighted by Crippen LogP contribution is 2.47. The Bertz CT molecular complexity index is 573. The van der Waals surface area contributed by atoms with E-state index in [9.17, 15) is 0 Å². The van der Waals surface area contributed by atoms with Gasteiger partial charge in [-0.1, -0.05) is 24.6 Å². The second kappa shape index (κ2) is 4.92. The molecule has 1 nitrogen and oxygen atoms in total. The first-order valence-electron chi connectivity index (χ1n) is 7.56. The molecule has 3 unspecified atom stereocenters. The SMILES string of the molecule is c1ccc2c(CNCC3CC4CCC3C4)csc2c1. The largest absolute Gasteiger partial charge is 0.312 e. The molecule has 3 atom stereocenters. The van der Waals surface area contributed by atoms with Gasteiger partial charge in [-0.25, -0.2) is 0 Å². The van der Waals surface area contributed by atoms with Crippen LogP contribution in [0.2, 0.25) is 0 Å². The Labute approximate surface area is 119 Å². The number of benzene rings is 1. The van der Waals surface area contributed by atoms with Crippen LogP contribution in [0, 0.1) is 17.8 Å². The topological polar surface area (TPSA) is 12.0 Å². The van der Waals surface area contributed by atoms with Crippen LogP contribution in [-0.2, 0) is 6.54 Å². The molecule has 1 aromatic carbocycles. The van der Waals surface area contributed by atoms with Gasteiger partial charge in [-0.05, 0) is 66.0 Å². The van der Waals surface area contributed by atoms with Gasteiger partial charge in [-0.2, -0.15) is 0 Å². The fraction of sp³-hybridized carbons (Fsp3) is 0.529. The molecule has 0 aliphatic heterocycles. The van der Waals surface area contributed by atoms with Gasteiger partial charge in [0.15, 0.2) is 0 Å². The zero-order valence-electron chi connectivity index (χ0n) is 11.3. The van der Waals surface area contributed by atoms with E-state index in [4.69, 9.17) is 0 Å². The first kappa shape index (κ1) is 11.9. The van der Waals surface area contributed by atoms with Gasteiger partial charge in [-0.15, -0.1) is 11.3 Å². The van der Waals surface area contributed by atoms with E-state index in [1.54, 1.807) is 0 Å². The standard InChI is InChI=1S/C17H21NS/c1-2-4-17-16(3-1)15(11-19-17)10-18-9-14-8-12-5-6-13(14)7-12/h1-4,11-14,18H,5-10H2. The molecule has 1 heterocycles. The molecule has 2 aliphatic carbocycles. The van der Waals surface area contributed by atoms with E-state index in [-0.39, 0.29) is 0 Å². The van der Waals surface area contributed by atoms with Crippen LogP contribution in [0.25, 0.3) is 10.1 Å². The molecule has 2 aliphatic rings. The van der Waals surface area contributed by atoms with Crippen molar-refractivity contribution in [2.45, 2.75) is 32.2 Å². The summed E-state index contributed by atoms with van der Waals surface area (Å²) < 4.78 is 1.42. The molecule has 0 amide bonds. The Balaban J connectivity index is 1.37. The van der Waals surface area contributed by atoms with E-state index in [0.717, 1.165) is 24.3 Å². The molecule has 19 heavy (non-hydrogen) atoms. The highest BCUT2D eigenvalue weighted by molar-refractivity contribution is 7.17. The normalized spacial score (nSPS) is 29.4. The summed E-state index contributed by atoms with van der Waals surface area (Å²) in [5, 5.41) is 7.47. The molecule has 100 valence electrons. The van der Waals surface area contributed by atoms with E-state index in [1.807, 2.05) is 11.3 Å². The van der Waals surface area contributed by atoms with Gasteiger partial charge in [0.2, 0.25) is 0 Å². The fourth-order valence-electron chi connectivity index (χ4n) is 4.19. The van der Waals surface area contributed by atoms with E-state index < -0.39 is 0 Å². The van der Waals surface area contributed by atoms with Crippen molar-refractivity contribution in [3.8, 4) is 0 Å². The zero-order valence-corrected chi connectivity index (χ0v) is 12.1. The average molecular weight is 271 g/mol. The summed E-state index contributed by atoms with van der Waals surface area (Å²) in [6.45, 7) is 2.27. The Kier molecular flexibility index (Phi) is 3.08. The smallest absolute Gasteiger partial charge is 0.0346 e. The van der Waals surface area contributed by atoms with Crippen LogP contribution in [0.1, 0.15) is 31.2 Å². The van der Waals surface area contributed by atoms with Crippen LogP contribution in [0.3, 0.4) is 0 Å². The molecule has 1 N–H and O–H groups in total. The quantitative estimate of drug-likeness (QED) is 0.867. The van der Waals surface area contributed by atoms with Gasteiger partial charge in [0, 0.05) is 11.2 Å². The molecule has 2 aromatic rings. The first-order valence-corrected chi connectivity index (χ1v) is 8.44. The molecular weight excluding hydrogens is 250 g/mol. The Morgan fingerprint density at radius 2 is 2.11 bits per heavy atom. The van der Waals surface area contributed by atoms with Gasteiger partial charge >= 0.3 is 0 Å². The Morgan fingerprint density at radius 3 is 2.95 bits per heavy atom.